The number of nitrogens with zero attached hydrogens (tertiary/aromatic N) is 3. The summed E-state index contributed by atoms with van der Waals surface area (Å²) in [6.07, 6.45) is 8.97. The maximum atomic E-state index is 14.3. The van der Waals surface area contributed by atoms with E-state index < -0.39 is 12.1 Å². The fourth-order valence-electron chi connectivity index (χ4n) is 4.00. The Balaban J connectivity index is 1.87. The molecule has 1 aromatic heterocycles. The standard InChI is InChI=1S/C18H24FN3O/c1-20-11-15-13-8-9-21-18(19)17(13)14(22(15)2)10-16(23)12-6-4-3-5-7-12/h8-9,11-12,14,16,23H,1,3-7,10H2,2H3/b15-11-. The minimum atomic E-state index is -0.456. The molecule has 1 aromatic rings. The lowest BCUT2D eigenvalue weighted by Crippen LogP contribution is -2.28. The van der Waals surface area contributed by atoms with Crippen LogP contribution < -0.4 is 0 Å². The molecule has 2 unspecified atom stereocenters. The van der Waals surface area contributed by atoms with Gasteiger partial charge in [0.1, 0.15) is 0 Å². The van der Waals surface area contributed by atoms with Crippen LogP contribution in [0.4, 0.5) is 4.39 Å². The van der Waals surface area contributed by atoms with Gasteiger partial charge < -0.3 is 10.0 Å². The van der Waals surface area contributed by atoms with Crippen molar-refractivity contribution in [2.45, 2.75) is 50.7 Å². The molecule has 1 N–H and O–H groups in total. The molecule has 1 aliphatic carbocycles. The summed E-state index contributed by atoms with van der Waals surface area (Å²) in [6.45, 7) is 3.50. The number of aliphatic imine (C=N–C) groups is 1. The molecule has 2 aliphatic rings. The van der Waals surface area contributed by atoms with Crippen molar-refractivity contribution in [2.24, 2.45) is 10.9 Å². The molecule has 5 heteroatoms. The molecule has 0 saturated heterocycles. The van der Waals surface area contributed by atoms with Crippen LogP contribution >= 0.6 is 0 Å². The van der Waals surface area contributed by atoms with Crippen LogP contribution in [-0.4, -0.2) is 34.9 Å². The molecule has 1 fully saturated rings. The van der Waals surface area contributed by atoms with Gasteiger partial charge in [-0.25, -0.2) is 4.98 Å². The van der Waals surface area contributed by atoms with Gasteiger partial charge >= 0.3 is 0 Å². The normalized spacial score (nSPS) is 24.7. The molecule has 124 valence electrons. The average Bonchev–Trinajstić information content (AvgIpc) is 2.83. The van der Waals surface area contributed by atoms with Crippen molar-refractivity contribution in [3.05, 3.63) is 35.5 Å². The largest absolute Gasteiger partial charge is 0.393 e. The summed E-state index contributed by atoms with van der Waals surface area (Å²) in [5.74, 6) is -0.131. The Morgan fingerprint density at radius 1 is 1.48 bits per heavy atom. The molecule has 0 aromatic carbocycles. The molecule has 2 heterocycles. The monoisotopic (exact) mass is 317 g/mol. The molecule has 2 atom stereocenters. The van der Waals surface area contributed by atoms with Gasteiger partial charge in [-0.05, 0) is 38.0 Å². The van der Waals surface area contributed by atoms with Crippen molar-refractivity contribution >= 4 is 12.4 Å². The van der Waals surface area contributed by atoms with Crippen LogP contribution in [0.2, 0.25) is 0 Å². The van der Waals surface area contributed by atoms with Crippen molar-refractivity contribution in [1.82, 2.24) is 9.88 Å². The Bertz CT molecular complexity index is 610. The van der Waals surface area contributed by atoms with Gasteiger partial charge in [-0.15, -0.1) is 0 Å². The zero-order valence-electron chi connectivity index (χ0n) is 13.6. The fraction of sp³-hybridized carbons (Fsp3) is 0.556. The second kappa shape index (κ2) is 6.79. The predicted octanol–water partition coefficient (Wildman–Crippen LogP) is 3.54. The number of aliphatic hydroxyl groups is 1. The number of hydrogen-bond donors (Lipinski definition) is 1. The summed E-state index contributed by atoms with van der Waals surface area (Å²) in [7, 11) is 1.91. The van der Waals surface area contributed by atoms with Gasteiger partial charge in [0.25, 0.3) is 0 Å². The Labute approximate surface area is 136 Å². The van der Waals surface area contributed by atoms with E-state index in [-0.39, 0.29) is 6.04 Å². The smallest absolute Gasteiger partial charge is 0.218 e. The number of fused-ring (bicyclic) bond motifs is 1. The Morgan fingerprint density at radius 3 is 2.91 bits per heavy atom. The molecule has 1 aliphatic heterocycles. The summed E-state index contributed by atoms with van der Waals surface area (Å²) in [5, 5.41) is 10.7. The third-order valence-electron chi connectivity index (χ3n) is 5.27. The first-order valence-corrected chi connectivity index (χ1v) is 8.35. The quantitative estimate of drug-likeness (QED) is 0.682. The number of hydrogen-bond acceptors (Lipinski definition) is 4. The van der Waals surface area contributed by atoms with E-state index in [1.165, 1.54) is 25.5 Å². The molecular weight excluding hydrogens is 293 g/mol. The summed E-state index contributed by atoms with van der Waals surface area (Å²) < 4.78 is 14.3. The van der Waals surface area contributed by atoms with Gasteiger partial charge in [0.05, 0.1) is 24.0 Å². The zero-order chi connectivity index (χ0) is 16.4. The second-order valence-electron chi connectivity index (χ2n) is 6.59. The van der Waals surface area contributed by atoms with E-state index in [0.29, 0.717) is 17.9 Å². The molecule has 1 saturated carbocycles. The van der Waals surface area contributed by atoms with Crippen molar-refractivity contribution in [1.29, 1.82) is 0 Å². The summed E-state index contributed by atoms with van der Waals surface area (Å²) in [6, 6.07) is 1.60. The van der Waals surface area contributed by atoms with Crippen LogP contribution in [0, 0.1) is 11.9 Å². The summed E-state index contributed by atoms with van der Waals surface area (Å²) in [5.41, 5.74) is 2.20. The van der Waals surface area contributed by atoms with Crippen LogP contribution in [0.15, 0.2) is 23.5 Å². The molecule has 0 radical (unpaired) electrons. The predicted molar refractivity (Wildman–Crippen MR) is 89.4 cm³/mol. The van der Waals surface area contributed by atoms with Crippen molar-refractivity contribution in [3.8, 4) is 0 Å². The first-order valence-electron chi connectivity index (χ1n) is 8.35. The van der Waals surface area contributed by atoms with E-state index in [4.69, 9.17) is 0 Å². The first kappa shape index (κ1) is 16.1. The van der Waals surface area contributed by atoms with Crippen molar-refractivity contribution in [2.75, 3.05) is 7.05 Å². The average molecular weight is 317 g/mol. The topological polar surface area (TPSA) is 48.7 Å². The van der Waals surface area contributed by atoms with Gasteiger partial charge in [0.15, 0.2) is 0 Å². The number of aliphatic hydroxyl groups excluding tert-OH is 1. The van der Waals surface area contributed by atoms with Gasteiger partial charge in [0, 0.05) is 24.4 Å². The molecule has 0 amide bonds. The van der Waals surface area contributed by atoms with Gasteiger partial charge in [-0.1, -0.05) is 19.3 Å². The van der Waals surface area contributed by atoms with Crippen LogP contribution in [-0.2, 0) is 0 Å². The van der Waals surface area contributed by atoms with E-state index >= 15 is 0 Å². The molecule has 4 nitrogen and oxygen atoms in total. The molecule has 0 bridgehead atoms. The minimum Gasteiger partial charge on any atom is -0.393 e. The highest BCUT2D eigenvalue weighted by atomic mass is 19.1. The maximum absolute atomic E-state index is 14.3. The van der Waals surface area contributed by atoms with Crippen molar-refractivity contribution < 1.29 is 9.50 Å². The van der Waals surface area contributed by atoms with Crippen molar-refractivity contribution in [3.63, 3.8) is 0 Å². The number of pyridine rings is 1. The summed E-state index contributed by atoms with van der Waals surface area (Å²) >= 11 is 0. The van der Waals surface area contributed by atoms with Crippen LogP contribution in [0.5, 0.6) is 0 Å². The van der Waals surface area contributed by atoms with Gasteiger partial charge in [-0.2, -0.15) is 4.39 Å². The zero-order valence-corrected chi connectivity index (χ0v) is 13.6. The van der Waals surface area contributed by atoms with E-state index in [1.807, 2.05) is 11.9 Å². The number of aromatic nitrogens is 1. The van der Waals surface area contributed by atoms with E-state index in [1.54, 1.807) is 12.3 Å². The maximum Gasteiger partial charge on any atom is 0.218 e. The highest BCUT2D eigenvalue weighted by Gasteiger charge is 2.37. The third-order valence-corrected chi connectivity index (χ3v) is 5.27. The Kier molecular flexibility index (Phi) is 4.76. The molecule has 3 rings (SSSR count). The summed E-state index contributed by atoms with van der Waals surface area (Å²) in [4.78, 5) is 9.62. The lowest BCUT2D eigenvalue weighted by Gasteiger charge is -2.31. The lowest BCUT2D eigenvalue weighted by molar-refractivity contribution is 0.0589. The highest BCUT2D eigenvalue weighted by Crippen LogP contribution is 2.44. The molecule has 0 spiro atoms. The highest BCUT2D eigenvalue weighted by molar-refractivity contribution is 5.72. The van der Waals surface area contributed by atoms with Crippen LogP contribution in [0.1, 0.15) is 55.7 Å². The lowest BCUT2D eigenvalue weighted by atomic mass is 9.82. The third kappa shape index (κ3) is 3.02. The second-order valence-corrected chi connectivity index (χ2v) is 6.59. The number of rotatable bonds is 4. The van der Waals surface area contributed by atoms with E-state index in [2.05, 4.69) is 16.7 Å². The Hall–Kier alpha value is -1.75. The van der Waals surface area contributed by atoms with E-state index in [0.717, 1.165) is 24.1 Å². The molecule has 23 heavy (non-hydrogen) atoms. The number of halogens is 1. The first-order chi connectivity index (χ1) is 11.1. The fourth-order valence-corrected chi connectivity index (χ4v) is 4.00. The minimum absolute atomic E-state index is 0.205. The Morgan fingerprint density at radius 2 is 2.22 bits per heavy atom. The van der Waals surface area contributed by atoms with E-state index in [9.17, 15) is 9.50 Å². The van der Waals surface area contributed by atoms with Gasteiger partial charge in [-0.3, -0.25) is 4.99 Å². The molecular formula is C18H24FN3O. The van der Waals surface area contributed by atoms with Crippen LogP contribution in [0.25, 0.3) is 5.70 Å². The van der Waals surface area contributed by atoms with Gasteiger partial charge in [0.2, 0.25) is 5.95 Å². The SMILES string of the molecule is C=N/C=C1/c2ccnc(F)c2C(CC(O)C2CCCCC2)N1C. The van der Waals surface area contributed by atoms with Crippen LogP contribution in [0.3, 0.4) is 0 Å².